The number of rotatable bonds is 6. The molecule has 0 aliphatic carbocycles. The first-order valence-corrected chi connectivity index (χ1v) is 11.4. The normalized spacial score (nSPS) is 15.1. The van der Waals surface area contributed by atoms with Crippen molar-refractivity contribution in [1.82, 2.24) is 0 Å². The molecule has 168 valence electrons. The Labute approximate surface area is 190 Å². The minimum absolute atomic E-state index is 0.590. The first-order valence-electron chi connectivity index (χ1n) is 10.6. The van der Waals surface area contributed by atoms with E-state index in [0.29, 0.717) is 5.69 Å². The third kappa shape index (κ3) is 5.58. The van der Waals surface area contributed by atoms with Gasteiger partial charge in [-0.05, 0) is 42.5 Å². The molecule has 0 saturated carbocycles. The standard InChI is InChI=1S/C25H25F3N2OS/c1-31-22-9-5-10-23(17-22)32-24-11-3-2-6-19(24)18-29-12-14-30(15-13-29)21-8-4-7-20(16-21)25(26,27)28/h2-11,16-17H,12-15,18H2,1H3/p+1. The number of methoxy groups -OCH3 is 1. The summed E-state index contributed by atoms with van der Waals surface area (Å²) in [5, 5.41) is 0. The Balaban J connectivity index is 1.40. The predicted octanol–water partition coefficient (Wildman–Crippen LogP) is 4.77. The molecule has 32 heavy (non-hydrogen) atoms. The molecule has 0 spiro atoms. The average molecular weight is 460 g/mol. The molecule has 1 aliphatic rings. The Bertz CT molecular complexity index is 1050. The summed E-state index contributed by atoms with van der Waals surface area (Å²) in [5.41, 5.74) is 1.34. The summed E-state index contributed by atoms with van der Waals surface area (Å²) in [6.45, 7) is 4.13. The summed E-state index contributed by atoms with van der Waals surface area (Å²) >= 11 is 1.72. The largest absolute Gasteiger partial charge is 0.497 e. The third-order valence-corrected chi connectivity index (χ3v) is 6.80. The van der Waals surface area contributed by atoms with Crippen molar-refractivity contribution in [3.63, 3.8) is 0 Å². The Morgan fingerprint density at radius 3 is 2.44 bits per heavy atom. The van der Waals surface area contributed by atoms with Gasteiger partial charge < -0.3 is 14.5 Å². The summed E-state index contributed by atoms with van der Waals surface area (Å²) in [6, 6.07) is 22.1. The van der Waals surface area contributed by atoms with Gasteiger partial charge in [0.05, 0.1) is 38.9 Å². The smallest absolute Gasteiger partial charge is 0.416 e. The highest BCUT2D eigenvalue weighted by Gasteiger charge is 2.31. The van der Waals surface area contributed by atoms with Gasteiger partial charge in [0, 0.05) is 21.0 Å². The minimum atomic E-state index is -4.31. The number of ether oxygens (including phenoxy) is 1. The van der Waals surface area contributed by atoms with E-state index < -0.39 is 11.7 Å². The van der Waals surface area contributed by atoms with Gasteiger partial charge in [0.2, 0.25) is 0 Å². The van der Waals surface area contributed by atoms with Crippen molar-refractivity contribution < 1.29 is 22.8 Å². The molecule has 0 unspecified atom stereocenters. The van der Waals surface area contributed by atoms with E-state index in [1.165, 1.54) is 27.5 Å². The predicted molar refractivity (Wildman–Crippen MR) is 122 cm³/mol. The number of nitrogens with one attached hydrogen (secondary N) is 1. The topological polar surface area (TPSA) is 16.9 Å². The SMILES string of the molecule is COc1cccc(Sc2ccccc2C[NH+]2CCN(c3cccc(C(F)(F)F)c3)CC2)c1. The summed E-state index contributed by atoms with van der Waals surface area (Å²) in [6.07, 6.45) is -4.31. The average Bonchev–Trinajstić information content (AvgIpc) is 2.80. The quantitative estimate of drug-likeness (QED) is 0.572. The lowest BCUT2D eigenvalue weighted by atomic mass is 10.1. The molecular weight excluding hydrogens is 433 g/mol. The summed E-state index contributed by atoms with van der Waals surface area (Å²) < 4.78 is 44.5. The maximum atomic E-state index is 13.0. The number of nitrogens with zero attached hydrogens (tertiary/aromatic N) is 1. The molecule has 1 heterocycles. The Hall–Kier alpha value is -2.64. The van der Waals surface area contributed by atoms with Gasteiger partial charge in [-0.25, -0.2) is 0 Å². The highest BCUT2D eigenvalue weighted by molar-refractivity contribution is 7.99. The fourth-order valence-corrected chi connectivity index (χ4v) is 4.94. The number of alkyl halides is 3. The van der Waals surface area contributed by atoms with E-state index in [1.807, 2.05) is 24.3 Å². The van der Waals surface area contributed by atoms with Crippen LogP contribution in [0.5, 0.6) is 5.75 Å². The van der Waals surface area contributed by atoms with Crippen LogP contribution in [0, 0.1) is 0 Å². The zero-order chi connectivity index (χ0) is 22.6. The van der Waals surface area contributed by atoms with Crippen molar-refractivity contribution >= 4 is 17.4 Å². The van der Waals surface area contributed by atoms with Gasteiger partial charge in [-0.15, -0.1) is 0 Å². The lowest BCUT2D eigenvalue weighted by Crippen LogP contribution is -3.13. The first-order chi connectivity index (χ1) is 15.4. The fourth-order valence-electron chi connectivity index (χ4n) is 3.95. The lowest BCUT2D eigenvalue weighted by Gasteiger charge is -2.34. The Morgan fingerprint density at radius 1 is 0.938 bits per heavy atom. The van der Waals surface area contributed by atoms with E-state index in [-0.39, 0.29) is 0 Å². The molecule has 0 radical (unpaired) electrons. The second-order valence-electron chi connectivity index (χ2n) is 7.85. The fraction of sp³-hybridized carbons (Fsp3) is 0.280. The van der Waals surface area contributed by atoms with Gasteiger partial charge >= 0.3 is 6.18 Å². The molecule has 3 nitrogen and oxygen atoms in total. The van der Waals surface area contributed by atoms with E-state index in [0.717, 1.165) is 49.4 Å². The highest BCUT2D eigenvalue weighted by Crippen LogP contribution is 2.33. The van der Waals surface area contributed by atoms with Crippen LogP contribution in [0.1, 0.15) is 11.1 Å². The number of halogens is 3. The molecule has 0 bridgehead atoms. The molecule has 1 fully saturated rings. The zero-order valence-corrected chi connectivity index (χ0v) is 18.7. The maximum Gasteiger partial charge on any atom is 0.416 e. The summed E-state index contributed by atoms with van der Waals surface area (Å²) in [5.74, 6) is 0.837. The van der Waals surface area contributed by atoms with E-state index >= 15 is 0 Å². The zero-order valence-electron chi connectivity index (χ0n) is 17.9. The maximum absolute atomic E-state index is 13.0. The number of anilines is 1. The number of benzene rings is 3. The number of quaternary nitrogens is 1. The first kappa shape index (κ1) is 22.6. The second kappa shape index (κ2) is 9.88. The Morgan fingerprint density at radius 2 is 1.69 bits per heavy atom. The van der Waals surface area contributed by atoms with Crippen LogP contribution in [0.2, 0.25) is 0 Å². The second-order valence-corrected chi connectivity index (χ2v) is 8.97. The van der Waals surface area contributed by atoms with Gasteiger partial charge in [0.1, 0.15) is 12.3 Å². The lowest BCUT2D eigenvalue weighted by molar-refractivity contribution is -0.914. The van der Waals surface area contributed by atoms with Crippen molar-refractivity contribution in [2.24, 2.45) is 0 Å². The number of hydrogen-bond acceptors (Lipinski definition) is 3. The minimum Gasteiger partial charge on any atom is -0.497 e. The molecule has 1 N–H and O–H groups in total. The van der Waals surface area contributed by atoms with Crippen LogP contribution in [-0.4, -0.2) is 33.3 Å². The van der Waals surface area contributed by atoms with E-state index in [4.69, 9.17) is 4.74 Å². The van der Waals surface area contributed by atoms with Crippen LogP contribution in [-0.2, 0) is 12.7 Å². The van der Waals surface area contributed by atoms with Crippen molar-refractivity contribution in [3.8, 4) is 5.75 Å². The van der Waals surface area contributed by atoms with Gasteiger partial charge in [-0.3, -0.25) is 0 Å². The Kier molecular flexibility index (Phi) is 6.96. The highest BCUT2D eigenvalue weighted by atomic mass is 32.2. The molecular formula is C25H26F3N2OS+. The monoisotopic (exact) mass is 459 g/mol. The van der Waals surface area contributed by atoms with Crippen LogP contribution in [0.4, 0.5) is 18.9 Å². The van der Waals surface area contributed by atoms with E-state index in [9.17, 15) is 13.2 Å². The van der Waals surface area contributed by atoms with Crippen LogP contribution in [0.25, 0.3) is 0 Å². The van der Waals surface area contributed by atoms with Gasteiger partial charge in [0.25, 0.3) is 0 Å². The van der Waals surface area contributed by atoms with Crippen LogP contribution in [0.15, 0.2) is 82.6 Å². The molecule has 4 rings (SSSR count). The van der Waals surface area contributed by atoms with Gasteiger partial charge in [-0.1, -0.05) is 42.1 Å². The van der Waals surface area contributed by atoms with E-state index in [1.54, 1.807) is 24.9 Å². The molecule has 3 aromatic carbocycles. The van der Waals surface area contributed by atoms with Crippen LogP contribution < -0.4 is 14.5 Å². The number of piperazine rings is 1. The van der Waals surface area contributed by atoms with Crippen molar-refractivity contribution in [1.29, 1.82) is 0 Å². The molecule has 3 aromatic rings. The molecule has 7 heteroatoms. The molecule has 1 aliphatic heterocycles. The van der Waals surface area contributed by atoms with Gasteiger partial charge in [-0.2, -0.15) is 13.2 Å². The van der Waals surface area contributed by atoms with Crippen LogP contribution in [0.3, 0.4) is 0 Å². The molecule has 0 aromatic heterocycles. The summed E-state index contributed by atoms with van der Waals surface area (Å²) in [4.78, 5) is 5.83. The molecule has 0 atom stereocenters. The van der Waals surface area contributed by atoms with Crippen molar-refractivity contribution in [2.45, 2.75) is 22.5 Å². The van der Waals surface area contributed by atoms with Crippen molar-refractivity contribution in [3.05, 3.63) is 83.9 Å². The molecule has 0 amide bonds. The third-order valence-electron chi connectivity index (χ3n) is 5.69. The van der Waals surface area contributed by atoms with Crippen LogP contribution >= 0.6 is 11.8 Å². The van der Waals surface area contributed by atoms with Crippen molar-refractivity contribution in [2.75, 3.05) is 38.2 Å². The molecule has 1 saturated heterocycles. The van der Waals surface area contributed by atoms with Gasteiger partial charge in [0.15, 0.2) is 0 Å². The summed E-state index contributed by atoms with van der Waals surface area (Å²) in [7, 11) is 1.67. The van der Waals surface area contributed by atoms with E-state index in [2.05, 4.69) is 29.2 Å². The number of hydrogen-bond donors (Lipinski definition) is 1.